The normalized spacial score (nSPS) is 18.6. The molecule has 0 unspecified atom stereocenters. The van der Waals surface area contributed by atoms with Crippen LogP contribution in [0.4, 0.5) is 5.82 Å². The van der Waals surface area contributed by atoms with Crippen LogP contribution in [-0.4, -0.2) is 74.8 Å². The summed E-state index contributed by atoms with van der Waals surface area (Å²) in [4.78, 5) is 22.0. The van der Waals surface area contributed by atoms with Gasteiger partial charge in [-0.05, 0) is 49.7 Å². The van der Waals surface area contributed by atoms with E-state index in [-0.39, 0.29) is 10.8 Å². The van der Waals surface area contributed by atoms with Gasteiger partial charge >= 0.3 is 0 Å². The van der Waals surface area contributed by atoms with Crippen molar-refractivity contribution in [3.8, 4) is 0 Å². The molecule has 3 heterocycles. The molecule has 0 aliphatic carbocycles. The molecule has 2 aliphatic rings. The largest absolute Gasteiger partial charge is 0.354 e. The smallest absolute Gasteiger partial charge is 0.251 e. The molecule has 33 heavy (non-hydrogen) atoms. The van der Waals surface area contributed by atoms with Crippen molar-refractivity contribution in [2.45, 2.75) is 37.1 Å². The maximum absolute atomic E-state index is 13.1. The van der Waals surface area contributed by atoms with E-state index in [4.69, 9.17) is 0 Å². The molecule has 0 bridgehead atoms. The Balaban J connectivity index is 1.37. The molecule has 1 aromatic heterocycles. The lowest BCUT2D eigenvalue weighted by Gasteiger charge is -2.33. The molecule has 9 heteroatoms. The number of carbonyl (C=O) groups excluding carboxylic acids is 1. The first kappa shape index (κ1) is 23.7. The van der Waals surface area contributed by atoms with Crippen LogP contribution in [0.5, 0.6) is 0 Å². The van der Waals surface area contributed by atoms with Gasteiger partial charge in [0.05, 0.1) is 4.90 Å². The number of amides is 1. The SMILES string of the molecule is CN1CCN(c2ccc(CNC(=O)c3cccc(S(=O)(=O)N4CCCCCC4)c3)cn2)CC1. The molecule has 178 valence electrons. The summed E-state index contributed by atoms with van der Waals surface area (Å²) in [6, 6.07) is 10.3. The standard InChI is InChI=1S/C24H33N5O3S/c1-27-13-15-28(16-14-27)23-10-9-20(18-25-23)19-26-24(30)21-7-6-8-22(17-21)33(31,32)29-11-4-2-3-5-12-29/h6-10,17-18H,2-5,11-16,19H2,1H3,(H,26,30). The van der Waals surface area contributed by atoms with E-state index in [2.05, 4.69) is 27.1 Å². The zero-order valence-corrected chi connectivity index (χ0v) is 20.1. The first-order chi connectivity index (χ1) is 15.9. The highest BCUT2D eigenvalue weighted by atomic mass is 32.2. The first-order valence-electron chi connectivity index (χ1n) is 11.7. The summed E-state index contributed by atoms with van der Waals surface area (Å²) >= 11 is 0. The predicted molar refractivity (Wildman–Crippen MR) is 129 cm³/mol. The molecule has 8 nitrogen and oxygen atoms in total. The van der Waals surface area contributed by atoms with Crippen molar-refractivity contribution in [2.75, 3.05) is 51.2 Å². The maximum atomic E-state index is 13.1. The van der Waals surface area contributed by atoms with Crippen molar-refractivity contribution in [1.82, 2.24) is 19.5 Å². The van der Waals surface area contributed by atoms with E-state index in [1.54, 1.807) is 28.7 Å². The fourth-order valence-corrected chi connectivity index (χ4v) is 5.82. The van der Waals surface area contributed by atoms with Crippen LogP contribution < -0.4 is 10.2 Å². The summed E-state index contributed by atoms with van der Waals surface area (Å²) in [7, 11) is -1.47. The minimum atomic E-state index is -3.59. The maximum Gasteiger partial charge on any atom is 0.251 e. The van der Waals surface area contributed by atoms with E-state index in [1.165, 1.54) is 6.07 Å². The van der Waals surface area contributed by atoms with Crippen LogP contribution in [0.2, 0.25) is 0 Å². The number of aromatic nitrogens is 1. The fourth-order valence-electron chi connectivity index (χ4n) is 4.26. The lowest BCUT2D eigenvalue weighted by Crippen LogP contribution is -2.44. The summed E-state index contributed by atoms with van der Waals surface area (Å²) in [5.41, 5.74) is 1.24. The summed E-state index contributed by atoms with van der Waals surface area (Å²) in [6.07, 6.45) is 5.65. The van der Waals surface area contributed by atoms with Gasteiger partial charge in [0.15, 0.2) is 0 Å². The number of piperazine rings is 1. The number of hydrogen-bond donors (Lipinski definition) is 1. The molecular weight excluding hydrogens is 438 g/mol. The van der Waals surface area contributed by atoms with E-state index >= 15 is 0 Å². The van der Waals surface area contributed by atoms with Crippen LogP contribution in [0.1, 0.15) is 41.6 Å². The van der Waals surface area contributed by atoms with E-state index in [0.717, 1.165) is 63.2 Å². The molecule has 0 spiro atoms. The van der Waals surface area contributed by atoms with Crippen molar-refractivity contribution >= 4 is 21.7 Å². The van der Waals surface area contributed by atoms with Crippen molar-refractivity contribution in [2.24, 2.45) is 0 Å². The zero-order chi connectivity index (χ0) is 23.3. The number of hydrogen-bond acceptors (Lipinski definition) is 6. The van der Waals surface area contributed by atoms with Crippen LogP contribution in [0.3, 0.4) is 0 Å². The Hall–Kier alpha value is -2.49. The Morgan fingerprint density at radius 3 is 2.36 bits per heavy atom. The van der Waals surface area contributed by atoms with Gasteiger partial charge in [0.1, 0.15) is 5.82 Å². The summed E-state index contributed by atoms with van der Waals surface area (Å²) in [5, 5.41) is 2.88. The average molecular weight is 472 g/mol. The first-order valence-corrected chi connectivity index (χ1v) is 13.1. The van der Waals surface area contributed by atoms with Crippen LogP contribution >= 0.6 is 0 Å². The topological polar surface area (TPSA) is 85.8 Å². The summed E-state index contributed by atoms with van der Waals surface area (Å²) in [5.74, 6) is 0.649. The minimum Gasteiger partial charge on any atom is -0.354 e. The zero-order valence-electron chi connectivity index (χ0n) is 19.2. The van der Waals surface area contributed by atoms with Crippen molar-refractivity contribution in [3.63, 3.8) is 0 Å². The molecule has 4 rings (SSSR count). The van der Waals surface area contributed by atoms with Crippen molar-refractivity contribution in [1.29, 1.82) is 0 Å². The lowest BCUT2D eigenvalue weighted by molar-refractivity contribution is 0.0950. The highest BCUT2D eigenvalue weighted by molar-refractivity contribution is 7.89. The van der Waals surface area contributed by atoms with Crippen LogP contribution in [0.25, 0.3) is 0 Å². The molecule has 2 saturated heterocycles. The number of carbonyl (C=O) groups is 1. The number of pyridine rings is 1. The number of benzene rings is 1. The van der Waals surface area contributed by atoms with Crippen molar-refractivity contribution < 1.29 is 13.2 Å². The van der Waals surface area contributed by atoms with Gasteiger partial charge < -0.3 is 15.1 Å². The third kappa shape index (κ3) is 5.90. The molecule has 2 aromatic rings. The number of likely N-dealkylation sites (N-methyl/N-ethyl adjacent to an activating group) is 1. The summed E-state index contributed by atoms with van der Waals surface area (Å²) < 4.78 is 27.7. The van der Waals surface area contributed by atoms with Gasteiger partial charge in [-0.15, -0.1) is 0 Å². The van der Waals surface area contributed by atoms with E-state index in [0.29, 0.717) is 25.2 Å². The number of anilines is 1. The van der Waals surface area contributed by atoms with Gasteiger partial charge in [0, 0.05) is 57.6 Å². The van der Waals surface area contributed by atoms with E-state index in [9.17, 15) is 13.2 Å². The number of nitrogens with one attached hydrogen (secondary N) is 1. The number of rotatable bonds is 6. The second-order valence-electron chi connectivity index (χ2n) is 8.84. The Bertz CT molecular complexity index is 1040. The third-order valence-electron chi connectivity index (χ3n) is 6.39. The average Bonchev–Trinajstić information content (AvgIpc) is 3.14. The molecule has 0 saturated carbocycles. The second-order valence-corrected chi connectivity index (χ2v) is 10.8. The molecule has 1 aromatic carbocycles. The quantitative estimate of drug-likeness (QED) is 0.696. The molecule has 1 amide bonds. The molecule has 1 N–H and O–H groups in total. The Labute approximate surface area is 196 Å². The van der Waals surface area contributed by atoms with Crippen LogP contribution in [0, 0.1) is 0 Å². The van der Waals surface area contributed by atoms with Gasteiger partial charge in [-0.25, -0.2) is 13.4 Å². The monoisotopic (exact) mass is 471 g/mol. The number of nitrogens with zero attached hydrogens (tertiary/aromatic N) is 4. The van der Waals surface area contributed by atoms with Gasteiger partial charge in [-0.1, -0.05) is 25.0 Å². The lowest BCUT2D eigenvalue weighted by atomic mass is 10.2. The van der Waals surface area contributed by atoms with Gasteiger partial charge in [-0.2, -0.15) is 4.31 Å². The molecule has 2 aliphatic heterocycles. The van der Waals surface area contributed by atoms with Gasteiger partial charge in [-0.3, -0.25) is 4.79 Å². The molecule has 2 fully saturated rings. The summed E-state index contributed by atoms with van der Waals surface area (Å²) in [6.45, 7) is 5.36. The van der Waals surface area contributed by atoms with E-state index in [1.807, 2.05) is 12.1 Å². The van der Waals surface area contributed by atoms with Crippen molar-refractivity contribution in [3.05, 3.63) is 53.7 Å². The fraction of sp³-hybridized carbons (Fsp3) is 0.500. The third-order valence-corrected chi connectivity index (χ3v) is 8.28. The molecule has 0 atom stereocenters. The van der Waals surface area contributed by atoms with Gasteiger partial charge in [0.25, 0.3) is 5.91 Å². The number of sulfonamides is 1. The highest BCUT2D eigenvalue weighted by Gasteiger charge is 2.25. The Kier molecular flexibility index (Phi) is 7.62. The second kappa shape index (κ2) is 10.6. The minimum absolute atomic E-state index is 0.176. The van der Waals surface area contributed by atoms with Crippen LogP contribution in [-0.2, 0) is 16.6 Å². The molecular formula is C24H33N5O3S. The van der Waals surface area contributed by atoms with Crippen LogP contribution in [0.15, 0.2) is 47.5 Å². The predicted octanol–water partition coefficient (Wildman–Crippen LogP) is 2.33. The Morgan fingerprint density at radius 1 is 0.970 bits per heavy atom. The highest BCUT2D eigenvalue weighted by Crippen LogP contribution is 2.21. The van der Waals surface area contributed by atoms with Gasteiger partial charge in [0.2, 0.25) is 10.0 Å². The Morgan fingerprint density at radius 2 is 1.70 bits per heavy atom. The molecule has 0 radical (unpaired) electrons. The van der Waals surface area contributed by atoms with E-state index < -0.39 is 10.0 Å².